The van der Waals surface area contributed by atoms with Crippen LogP contribution in [0.2, 0.25) is 0 Å². The van der Waals surface area contributed by atoms with Gasteiger partial charge in [0, 0.05) is 30.4 Å². The minimum Gasteiger partial charge on any atom is -0.341 e. The Balaban J connectivity index is 2.07. The quantitative estimate of drug-likeness (QED) is 0.782. The number of rotatable bonds is 2. The Morgan fingerprint density at radius 3 is 2.24 bits per heavy atom. The Labute approximate surface area is 102 Å². The van der Waals surface area contributed by atoms with Gasteiger partial charge in [-0.2, -0.15) is 0 Å². The molecule has 1 saturated heterocycles. The van der Waals surface area contributed by atoms with Crippen molar-refractivity contribution in [1.82, 2.24) is 9.97 Å². The molecule has 0 aliphatic carbocycles. The number of carbonyl (C=O) groups excluding carboxylic acids is 1. The summed E-state index contributed by atoms with van der Waals surface area (Å²) in [7, 11) is 0. The Kier molecular flexibility index (Phi) is 3.41. The highest BCUT2D eigenvalue weighted by Crippen LogP contribution is 2.21. The van der Waals surface area contributed by atoms with Crippen LogP contribution < -0.4 is 4.90 Å². The number of carbonyl (C=O) groups is 1. The van der Waals surface area contributed by atoms with E-state index in [1.54, 1.807) is 6.92 Å². The molecule has 0 spiro atoms. The van der Waals surface area contributed by atoms with Gasteiger partial charge in [0.1, 0.15) is 5.78 Å². The molecule has 2 rings (SSSR count). The maximum Gasteiger partial charge on any atom is 0.225 e. The topological polar surface area (TPSA) is 46.1 Å². The van der Waals surface area contributed by atoms with Crippen molar-refractivity contribution in [3.05, 3.63) is 17.5 Å². The summed E-state index contributed by atoms with van der Waals surface area (Å²) < 4.78 is 0. The molecule has 1 aliphatic heterocycles. The summed E-state index contributed by atoms with van der Waals surface area (Å²) in [6, 6.07) is 1.98. The normalized spacial score (nSPS) is 17.2. The van der Waals surface area contributed by atoms with E-state index in [2.05, 4.69) is 14.9 Å². The highest BCUT2D eigenvalue weighted by molar-refractivity contribution is 5.78. The Bertz CT molecular complexity index is 402. The zero-order valence-electron chi connectivity index (χ0n) is 10.7. The van der Waals surface area contributed by atoms with Crippen LogP contribution in [0.4, 0.5) is 5.95 Å². The largest absolute Gasteiger partial charge is 0.341 e. The summed E-state index contributed by atoms with van der Waals surface area (Å²) in [4.78, 5) is 22.4. The Hall–Kier alpha value is -1.45. The van der Waals surface area contributed by atoms with Crippen LogP contribution >= 0.6 is 0 Å². The molecule has 1 aliphatic rings. The van der Waals surface area contributed by atoms with E-state index in [1.165, 1.54) is 0 Å². The molecular formula is C13H19N3O. The second-order valence-corrected chi connectivity index (χ2v) is 4.82. The predicted octanol–water partition coefficient (Wildman–Crippen LogP) is 1.90. The standard InChI is InChI=1S/C13H19N3O/c1-9-8-10(2)15-13(14-9)16-6-4-12(5-7-16)11(3)17/h8,12H,4-7H2,1-3H3. The van der Waals surface area contributed by atoms with Gasteiger partial charge in [0.15, 0.2) is 0 Å². The third-order valence-electron chi connectivity index (χ3n) is 3.32. The molecule has 4 nitrogen and oxygen atoms in total. The van der Waals surface area contributed by atoms with Gasteiger partial charge in [-0.1, -0.05) is 0 Å². The number of hydrogen-bond donors (Lipinski definition) is 0. The summed E-state index contributed by atoms with van der Waals surface area (Å²) >= 11 is 0. The molecule has 2 heterocycles. The molecule has 1 aromatic heterocycles. The van der Waals surface area contributed by atoms with Crippen LogP contribution in [0.25, 0.3) is 0 Å². The van der Waals surface area contributed by atoms with Gasteiger partial charge in [-0.3, -0.25) is 4.79 Å². The van der Waals surface area contributed by atoms with E-state index >= 15 is 0 Å². The summed E-state index contributed by atoms with van der Waals surface area (Å²) in [5, 5.41) is 0. The zero-order valence-corrected chi connectivity index (χ0v) is 10.7. The molecule has 0 amide bonds. The Morgan fingerprint density at radius 1 is 1.24 bits per heavy atom. The van der Waals surface area contributed by atoms with Crippen molar-refractivity contribution in [3.63, 3.8) is 0 Å². The lowest BCUT2D eigenvalue weighted by Crippen LogP contribution is -2.37. The molecular weight excluding hydrogens is 214 g/mol. The molecule has 0 radical (unpaired) electrons. The van der Waals surface area contributed by atoms with Crippen LogP contribution in [0.5, 0.6) is 0 Å². The minimum absolute atomic E-state index is 0.233. The number of aryl methyl sites for hydroxylation is 2. The van der Waals surface area contributed by atoms with Crippen molar-refractivity contribution in [3.8, 4) is 0 Å². The van der Waals surface area contributed by atoms with Crippen molar-refractivity contribution in [2.45, 2.75) is 33.6 Å². The summed E-state index contributed by atoms with van der Waals surface area (Å²) in [6.07, 6.45) is 1.84. The van der Waals surface area contributed by atoms with Gasteiger partial charge in [-0.15, -0.1) is 0 Å². The molecule has 0 saturated carbocycles. The van der Waals surface area contributed by atoms with Crippen LogP contribution in [0.15, 0.2) is 6.07 Å². The van der Waals surface area contributed by atoms with E-state index in [0.29, 0.717) is 5.78 Å². The number of ketones is 1. The van der Waals surface area contributed by atoms with E-state index in [4.69, 9.17) is 0 Å². The molecule has 0 unspecified atom stereocenters. The van der Waals surface area contributed by atoms with E-state index < -0.39 is 0 Å². The zero-order chi connectivity index (χ0) is 12.4. The van der Waals surface area contributed by atoms with E-state index in [0.717, 1.165) is 43.3 Å². The van der Waals surface area contributed by atoms with Crippen LogP contribution in [-0.4, -0.2) is 28.8 Å². The molecule has 0 N–H and O–H groups in total. The highest BCUT2D eigenvalue weighted by atomic mass is 16.1. The third-order valence-corrected chi connectivity index (χ3v) is 3.32. The molecule has 17 heavy (non-hydrogen) atoms. The number of aromatic nitrogens is 2. The van der Waals surface area contributed by atoms with Crippen LogP contribution in [0.1, 0.15) is 31.2 Å². The highest BCUT2D eigenvalue weighted by Gasteiger charge is 2.23. The average Bonchev–Trinajstić information content (AvgIpc) is 2.28. The first-order valence-corrected chi connectivity index (χ1v) is 6.14. The van der Waals surface area contributed by atoms with Gasteiger partial charge in [0.2, 0.25) is 5.95 Å². The molecule has 92 valence electrons. The fraction of sp³-hybridized carbons (Fsp3) is 0.615. The first-order chi connectivity index (χ1) is 8.06. The molecule has 0 aromatic carbocycles. The lowest BCUT2D eigenvalue weighted by Gasteiger charge is -2.31. The summed E-state index contributed by atoms with van der Waals surface area (Å²) in [5.74, 6) is 1.35. The first kappa shape index (κ1) is 12.0. The van der Waals surface area contributed by atoms with Crippen molar-refractivity contribution >= 4 is 11.7 Å². The average molecular weight is 233 g/mol. The maximum atomic E-state index is 11.3. The number of anilines is 1. The monoisotopic (exact) mass is 233 g/mol. The Morgan fingerprint density at radius 2 is 1.76 bits per heavy atom. The van der Waals surface area contributed by atoms with Gasteiger partial charge in [-0.25, -0.2) is 9.97 Å². The van der Waals surface area contributed by atoms with Crippen molar-refractivity contribution in [2.24, 2.45) is 5.92 Å². The maximum absolute atomic E-state index is 11.3. The minimum atomic E-state index is 0.233. The van der Waals surface area contributed by atoms with Gasteiger partial charge >= 0.3 is 0 Å². The van der Waals surface area contributed by atoms with E-state index in [1.807, 2.05) is 19.9 Å². The van der Waals surface area contributed by atoms with E-state index in [-0.39, 0.29) is 5.92 Å². The number of nitrogens with zero attached hydrogens (tertiary/aromatic N) is 3. The van der Waals surface area contributed by atoms with E-state index in [9.17, 15) is 4.79 Å². The van der Waals surface area contributed by atoms with Crippen molar-refractivity contribution in [1.29, 1.82) is 0 Å². The SMILES string of the molecule is CC(=O)C1CCN(c2nc(C)cc(C)n2)CC1. The summed E-state index contributed by atoms with van der Waals surface area (Å²) in [5.41, 5.74) is 2.00. The van der Waals surface area contributed by atoms with Gasteiger partial charge in [-0.05, 0) is 39.7 Å². The fourth-order valence-corrected chi connectivity index (χ4v) is 2.33. The molecule has 0 bridgehead atoms. The van der Waals surface area contributed by atoms with Crippen LogP contribution in [0.3, 0.4) is 0 Å². The second kappa shape index (κ2) is 4.82. The second-order valence-electron chi connectivity index (χ2n) is 4.82. The molecule has 4 heteroatoms. The lowest BCUT2D eigenvalue weighted by molar-refractivity contribution is -0.121. The third kappa shape index (κ3) is 2.81. The molecule has 1 aromatic rings. The molecule has 1 fully saturated rings. The number of hydrogen-bond acceptors (Lipinski definition) is 4. The van der Waals surface area contributed by atoms with Gasteiger partial charge < -0.3 is 4.90 Å². The predicted molar refractivity (Wildman–Crippen MR) is 67.1 cm³/mol. The lowest BCUT2D eigenvalue weighted by atomic mass is 9.93. The van der Waals surface area contributed by atoms with Gasteiger partial charge in [0.25, 0.3) is 0 Å². The number of Topliss-reactive ketones (excluding diaryl/α,β-unsaturated/α-hetero) is 1. The van der Waals surface area contributed by atoms with Crippen molar-refractivity contribution in [2.75, 3.05) is 18.0 Å². The molecule has 0 atom stereocenters. The van der Waals surface area contributed by atoms with Crippen LogP contribution in [-0.2, 0) is 4.79 Å². The van der Waals surface area contributed by atoms with Crippen molar-refractivity contribution < 1.29 is 4.79 Å². The smallest absolute Gasteiger partial charge is 0.225 e. The number of piperidine rings is 1. The first-order valence-electron chi connectivity index (χ1n) is 6.14. The van der Waals surface area contributed by atoms with Crippen LogP contribution in [0, 0.1) is 19.8 Å². The van der Waals surface area contributed by atoms with Gasteiger partial charge in [0.05, 0.1) is 0 Å². The summed E-state index contributed by atoms with van der Waals surface area (Å²) in [6.45, 7) is 7.43. The fourth-order valence-electron chi connectivity index (χ4n) is 2.33.